The first kappa shape index (κ1) is 16.9. The van der Waals surface area contributed by atoms with Gasteiger partial charge in [0.1, 0.15) is 10.8 Å². The standard InChI is InChI=1S/C19H26N4OS/c1-14-3-4-16(24)15(21-14)12-23-8-5-19(6-9-23)11-17(19)22(2)13-18-20-7-10-25-18/h3-4,7,10,17,24H,5-6,8-9,11-13H2,1-2H3/t17-/m1/s1. The van der Waals surface area contributed by atoms with E-state index in [4.69, 9.17) is 0 Å². The van der Waals surface area contributed by atoms with Crippen molar-refractivity contribution in [3.05, 3.63) is 40.1 Å². The van der Waals surface area contributed by atoms with Crippen molar-refractivity contribution in [3.8, 4) is 5.75 Å². The number of hydrogen-bond donors (Lipinski definition) is 1. The first-order valence-electron chi connectivity index (χ1n) is 9.02. The molecule has 1 aliphatic heterocycles. The summed E-state index contributed by atoms with van der Waals surface area (Å²) in [6, 6.07) is 4.31. The zero-order valence-corrected chi connectivity index (χ0v) is 15.8. The molecule has 1 atom stereocenters. The molecule has 0 unspecified atom stereocenters. The largest absolute Gasteiger partial charge is 0.506 e. The SMILES string of the molecule is Cc1ccc(O)c(CN2CCC3(CC2)C[C@H]3N(C)Cc2nccs2)n1. The van der Waals surface area contributed by atoms with Crippen LogP contribution in [0, 0.1) is 12.3 Å². The van der Waals surface area contributed by atoms with Gasteiger partial charge < -0.3 is 5.11 Å². The molecule has 2 fully saturated rings. The van der Waals surface area contributed by atoms with Crippen molar-refractivity contribution >= 4 is 11.3 Å². The first-order chi connectivity index (χ1) is 12.1. The lowest BCUT2D eigenvalue weighted by molar-refractivity contribution is 0.137. The summed E-state index contributed by atoms with van der Waals surface area (Å²) in [6.45, 7) is 5.88. The molecule has 1 N–H and O–H groups in total. The highest BCUT2D eigenvalue weighted by Crippen LogP contribution is 2.56. The molecule has 0 aromatic carbocycles. The van der Waals surface area contributed by atoms with Crippen molar-refractivity contribution in [3.63, 3.8) is 0 Å². The van der Waals surface area contributed by atoms with Crippen LogP contribution in [0.5, 0.6) is 5.75 Å². The minimum Gasteiger partial charge on any atom is -0.506 e. The fraction of sp³-hybridized carbons (Fsp3) is 0.579. The number of thiazole rings is 1. The van der Waals surface area contributed by atoms with E-state index >= 15 is 0 Å². The molecule has 134 valence electrons. The molecule has 4 rings (SSSR count). The third-order valence-electron chi connectivity index (χ3n) is 5.86. The molecule has 1 saturated carbocycles. The third kappa shape index (κ3) is 3.57. The Morgan fingerprint density at radius 2 is 2.16 bits per heavy atom. The lowest BCUT2D eigenvalue weighted by atomic mass is 9.92. The molecule has 2 aromatic heterocycles. The maximum absolute atomic E-state index is 10.0. The second kappa shape index (κ2) is 6.67. The second-order valence-electron chi connectivity index (χ2n) is 7.62. The average Bonchev–Trinajstić information content (AvgIpc) is 3.04. The van der Waals surface area contributed by atoms with Gasteiger partial charge in [0.2, 0.25) is 0 Å². The minimum absolute atomic E-state index is 0.318. The second-order valence-corrected chi connectivity index (χ2v) is 8.60. The van der Waals surface area contributed by atoms with E-state index in [9.17, 15) is 5.11 Å². The van der Waals surface area contributed by atoms with Crippen LogP contribution in [0.1, 0.15) is 35.7 Å². The fourth-order valence-corrected chi connectivity index (χ4v) is 4.91. The van der Waals surface area contributed by atoms with E-state index in [-0.39, 0.29) is 0 Å². The van der Waals surface area contributed by atoms with Crippen LogP contribution in [0.2, 0.25) is 0 Å². The number of piperidine rings is 1. The molecule has 2 aliphatic rings. The summed E-state index contributed by atoms with van der Waals surface area (Å²) < 4.78 is 0. The van der Waals surface area contributed by atoms with Crippen molar-refractivity contribution < 1.29 is 5.11 Å². The van der Waals surface area contributed by atoms with Crippen LogP contribution < -0.4 is 0 Å². The Bertz CT molecular complexity index is 725. The maximum atomic E-state index is 10.0. The lowest BCUT2D eigenvalue weighted by Crippen LogP contribution is -2.37. The Balaban J connectivity index is 1.31. The molecule has 0 bridgehead atoms. The molecule has 2 aromatic rings. The van der Waals surface area contributed by atoms with Crippen LogP contribution in [-0.4, -0.2) is 51.1 Å². The van der Waals surface area contributed by atoms with E-state index in [2.05, 4.69) is 32.2 Å². The fourth-order valence-electron chi connectivity index (χ4n) is 4.23. The number of aryl methyl sites for hydroxylation is 1. The van der Waals surface area contributed by atoms with Crippen molar-refractivity contribution in [1.82, 2.24) is 19.8 Å². The summed E-state index contributed by atoms with van der Waals surface area (Å²) in [5.74, 6) is 0.318. The molecular formula is C19H26N4OS. The van der Waals surface area contributed by atoms with E-state index in [0.29, 0.717) is 17.2 Å². The Hall–Kier alpha value is -1.50. The minimum atomic E-state index is 0.318. The van der Waals surface area contributed by atoms with Gasteiger partial charge in [-0.05, 0) is 63.9 Å². The van der Waals surface area contributed by atoms with Gasteiger partial charge >= 0.3 is 0 Å². The first-order valence-corrected chi connectivity index (χ1v) is 9.90. The summed E-state index contributed by atoms with van der Waals surface area (Å²) in [6.07, 6.45) is 5.69. The van der Waals surface area contributed by atoms with Gasteiger partial charge in [-0.15, -0.1) is 11.3 Å². The predicted octanol–water partition coefficient (Wildman–Crippen LogP) is 3.04. The molecule has 1 aliphatic carbocycles. The average molecular weight is 359 g/mol. The number of aromatic nitrogens is 2. The summed E-state index contributed by atoms with van der Waals surface area (Å²) in [4.78, 5) is 13.8. The Morgan fingerprint density at radius 3 is 2.88 bits per heavy atom. The quantitative estimate of drug-likeness (QED) is 0.890. The Morgan fingerprint density at radius 1 is 1.36 bits per heavy atom. The van der Waals surface area contributed by atoms with E-state index in [0.717, 1.165) is 37.6 Å². The lowest BCUT2D eigenvalue weighted by Gasteiger charge is -2.34. The van der Waals surface area contributed by atoms with Crippen molar-refractivity contribution in [2.75, 3.05) is 20.1 Å². The summed E-state index contributed by atoms with van der Waals surface area (Å²) in [7, 11) is 2.24. The van der Waals surface area contributed by atoms with E-state index in [1.165, 1.54) is 24.3 Å². The highest BCUT2D eigenvalue weighted by Gasteiger charge is 2.56. The molecule has 0 radical (unpaired) electrons. The number of rotatable bonds is 5. The van der Waals surface area contributed by atoms with Crippen LogP contribution in [0.15, 0.2) is 23.7 Å². The maximum Gasteiger partial charge on any atom is 0.138 e. The van der Waals surface area contributed by atoms with Crippen LogP contribution >= 0.6 is 11.3 Å². The molecular weight excluding hydrogens is 332 g/mol. The monoisotopic (exact) mass is 358 g/mol. The van der Waals surface area contributed by atoms with Gasteiger partial charge in [-0.2, -0.15) is 0 Å². The molecule has 1 saturated heterocycles. The van der Waals surface area contributed by atoms with Crippen LogP contribution in [-0.2, 0) is 13.1 Å². The van der Waals surface area contributed by atoms with Crippen molar-refractivity contribution in [2.24, 2.45) is 5.41 Å². The molecule has 0 amide bonds. The summed E-state index contributed by atoms with van der Waals surface area (Å²) in [5.41, 5.74) is 2.28. The molecule has 25 heavy (non-hydrogen) atoms. The predicted molar refractivity (Wildman–Crippen MR) is 99.6 cm³/mol. The zero-order chi connectivity index (χ0) is 17.4. The van der Waals surface area contributed by atoms with Crippen molar-refractivity contribution in [1.29, 1.82) is 0 Å². The van der Waals surface area contributed by atoms with E-state index in [1.807, 2.05) is 19.2 Å². The topological polar surface area (TPSA) is 52.5 Å². The smallest absolute Gasteiger partial charge is 0.138 e. The number of likely N-dealkylation sites (tertiary alicyclic amines) is 1. The Labute approximate surface area is 153 Å². The number of pyridine rings is 1. The highest BCUT2D eigenvalue weighted by molar-refractivity contribution is 7.09. The molecule has 3 heterocycles. The van der Waals surface area contributed by atoms with Gasteiger partial charge in [-0.3, -0.25) is 14.8 Å². The normalized spacial score (nSPS) is 22.6. The van der Waals surface area contributed by atoms with Gasteiger partial charge in [-0.1, -0.05) is 0 Å². The Kier molecular flexibility index (Phi) is 4.52. The summed E-state index contributed by atoms with van der Waals surface area (Å²) >= 11 is 1.74. The van der Waals surface area contributed by atoms with Crippen LogP contribution in [0.25, 0.3) is 0 Å². The number of nitrogens with zero attached hydrogens (tertiary/aromatic N) is 4. The molecule has 5 nitrogen and oxygen atoms in total. The van der Waals surface area contributed by atoms with Crippen LogP contribution in [0.4, 0.5) is 0 Å². The van der Waals surface area contributed by atoms with Crippen LogP contribution in [0.3, 0.4) is 0 Å². The van der Waals surface area contributed by atoms with E-state index in [1.54, 1.807) is 17.4 Å². The summed E-state index contributed by atoms with van der Waals surface area (Å²) in [5, 5.41) is 13.3. The highest BCUT2D eigenvalue weighted by atomic mass is 32.1. The number of aromatic hydroxyl groups is 1. The third-order valence-corrected chi connectivity index (χ3v) is 6.63. The van der Waals surface area contributed by atoms with E-state index < -0.39 is 0 Å². The van der Waals surface area contributed by atoms with Gasteiger partial charge in [0.15, 0.2) is 0 Å². The van der Waals surface area contributed by atoms with Gasteiger partial charge in [0.25, 0.3) is 0 Å². The van der Waals surface area contributed by atoms with Crippen molar-refractivity contribution in [2.45, 2.75) is 45.3 Å². The zero-order valence-electron chi connectivity index (χ0n) is 15.0. The molecule has 6 heteroatoms. The van der Waals surface area contributed by atoms with Gasteiger partial charge in [0, 0.05) is 29.9 Å². The van der Waals surface area contributed by atoms with Gasteiger partial charge in [-0.25, -0.2) is 4.98 Å². The number of hydrogen-bond acceptors (Lipinski definition) is 6. The molecule has 1 spiro atoms. The van der Waals surface area contributed by atoms with Gasteiger partial charge in [0.05, 0.1) is 12.2 Å².